The van der Waals surface area contributed by atoms with Gasteiger partial charge in [0.15, 0.2) is 17.5 Å². The van der Waals surface area contributed by atoms with Crippen molar-refractivity contribution < 1.29 is 8.78 Å². The fraction of sp³-hybridized carbons (Fsp3) is 0.167. The maximum absolute atomic E-state index is 13.8. The summed E-state index contributed by atoms with van der Waals surface area (Å²) in [7, 11) is 0. The maximum Gasteiger partial charge on any atom is 0.197 e. The van der Waals surface area contributed by atoms with Crippen LogP contribution in [0.3, 0.4) is 0 Å². The smallest absolute Gasteiger partial charge is 0.197 e. The number of thiazole rings is 1. The highest BCUT2D eigenvalue weighted by atomic mass is 32.1. The summed E-state index contributed by atoms with van der Waals surface area (Å²) in [6.07, 6.45) is 7.74. The predicted octanol–water partition coefficient (Wildman–Crippen LogP) is 4.09. The van der Waals surface area contributed by atoms with Gasteiger partial charge in [0.2, 0.25) is 0 Å². The number of aromatic nitrogens is 5. The van der Waals surface area contributed by atoms with Crippen LogP contribution in [0.2, 0.25) is 0 Å². The minimum atomic E-state index is -0.616. The van der Waals surface area contributed by atoms with E-state index in [4.69, 9.17) is 0 Å². The Morgan fingerprint density at radius 3 is 2.42 bits per heavy atom. The second-order valence-corrected chi connectivity index (χ2v) is 7.21. The second kappa shape index (κ2) is 5.84. The Kier molecular flexibility index (Phi) is 3.46. The van der Waals surface area contributed by atoms with E-state index in [0.29, 0.717) is 16.3 Å². The fourth-order valence-electron chi connectivity index (χ4n) is 3.03. The normalized spacial score (nSPS) is 19.0. The Morgan fingerprint density at radius 1 is 0.923 bits per heavy atom. The van der Waals surface area contributed by atoms with E-state index in [1.165, 1.54) is 17.4 Å². The van der Waals surface area contributed by atoms with Crippen LogP contribution >= 0.6 is 11.3 Å². The Bertz CT molecular complexity index is 1100. The zero-order valence-electron chi connectivity index (χ0n) is 13.3. The highest BCUT2D eigenvalue weighted by Crippen LogP contribution is 2.55. The predicted molar refractivity (Wildman–Crippen MR) is 92.7 cm³/mol. The van der Waals surface area contributed by atoms with Gasteiger partial charge in [-0.2, -0.15) is 0 Å². The van der Waals surface area contributed by atoms with Crippen molar-refractivity contribution in [1.29, 1.82) is 0 Å². The van der Waals surface area contributed by atoms with Crippen molar-refractivity contribution in [2.24, 2.45) is 0 Å². The summed E-state index contributed by atoms with van der Waals surface area (Å²) in [5.41, 5.74) is 1.24. The molecule has 0 N–H and O–H groups in total. The maximum atomic E-state index is 13.8. The molecule has 1 aliphatic rings. The average Bonchev–Trinajstić information content (AvgIpc) is 3.35. The van der Waals surface area contributed by atoms with Crippen molar-refractivity contribution in [3.63, 3.8) is 0 Å². The minimum Gasteiger partial charge on any atom is -0.238 e. The lowest BCUT2D eigenvalue weighted by molar-refractivity contribution is 0.591. The molecule has 0 bridgehead atoms. The summed E-state index contributed by atoms with van der Waals surface area (Å²) in [6.45, 7) is 0. The fourth-order valence-corrected chi connectivity index (χ4v) is 4.21. The second-order valence-electron chi connectivity index (χ2n) is 6.15. The standard InChI is InChI=1S/C18H11F2N5S/c19-10-4-13(20)15-14(5-10)26-18(25-15)12-6-11(12)9-7-23-17(24-8-9)16-21-2-1-3-22-16/h1-5,7-8,11-12H,6H2. The first-order valence-electron chi connectivity index (χ1n) is 8.04. The van der Waals surface area contributed by atoms with E-state index in [0.717, 1.165) is 23.1 Å². The topological polar surface area (TPSA) is 64.5 Å². The molecule has 0 aliphatic heterocycles. The molecule has 1 aromatic carbocycles. The van der Waals surface area contributed by atoms with Crippen LogP contribution in [-0.4, -0.2) is 24.9 Å². The first kappa shape index (κ1) is 15.4. The molecule has 5 nitrogen and oxygen atoms in total. The van der Waals surface area contributed by atoms with Crippen LogP contribution in [0.25, 0.3) is 21.9 Å². The molecule has 0 radical (unpaired) electrons. The summed E-state index contributed by atoms with van der Waals surface area (Å²) in [5, 5.41) is 0.824. The van der Waals surface area contributed by atoms with Crippen molar-refractivity contribution in [1.82, 2.24) is 24.9 Å². The van der Waals surface area contributed by atoms with Crippen LogP contribution < -0.4 is 0 Å². The third-order valence-electron chi connectivity index (χ3n) is 4.40. The Hall–Kier alpha value is -2.87. The average molecular weight is 367 g/mol. The van der Waals surface area contributed by atoms with Crippen molar-refractivity contribution in [2.75, 3.05) is 0 Å². The molecule has 3 heterocycles. The number of hydrogen-bond acceptors (Lipinski definition) is 6. The number of fused-ring (bicyclic) bond motifs is 1. The van der Waals surface area contributed by atoms with Crippen LogP contribution in [0.15, 0.2) is 43.0 Å². The van der Waals surface area contributed by atoms with Gasteiger partial charge in [0.05, 0.1) is 9.71 Å². The van der Waals surface area contributed by atoms with Gasteiger partial charge in [0.25, 0.3) is 0 Å². The van der Waals surface area contributed by atoms with Crippen LogP contribution in [0, 0.1) is 11.6 Å². The van der Waals surface area contributed by atoms with Gasteiger partial charge in [-0.3, -0.25) is 0 Å². The number of rotatable bonds is 3. The molecule has 26 heavy (non-hydrogen) atoms. The zero-order valence-corrected chi connectivity index (χ0v) is 14.1. The molecule has 0 saturated heterocycles. The molecule has 1 aliphatic carbocycles. The van der Waals surface area contributed by atoms with Crippen LogP contribution in [-0.2, 0) is 0 Å². The molecule has 4 aromatic rings. The zero-order chi connectivity index (χ0) is 17.7. The van der Waals surface area contributed by atoms with Gasteiger partial charge in [0.1, 0.15) is 11.3 Å². The van der Waals surface area contributed by atoms with Gasteiger partial charge in [-0.25, -0.2) is 33.7 Å². The number of benzene rings is 1. The molecule has 2 atom stereocenters. The lowest BCUT2D eigenvalue weighted by atomic mass is 10.2. The number of hydrogen-bond donors (Lipinski definition) is 0. The van der Waals surface area contributed by atoms with E-state index < -0.39 is 11.6 Å². The number of nitrogens with zero attached hydrogens (tertiary/aromatic N) is 5. The van der Waals surface area contributed by atoms with Crippen molar-refractivity contribution in [3.8, 4) is 11.6 Å². The van der Waals surface area contributed by atoms with Gasteiger partial charge >= 0.3 is 0 Å². The van der Waals surface area contributed by atoms with Crippen molar-refractivity contribution in [3.05, 3.63) is 65.2 Å². The quantitative estimate of drug-likeness (QED) is 0.546. The third-order valence-corrected chi connectivity index (χ3v) is 5.54. The molecule has 3 aromatic heterocycles. The third kappa shape index (κ3) is 2.62. The van der Waals surface area contributed by atoms with Crippen LogP contribution in [0.5, 0.6) is 0 Å². The van der Waals surface area contributed by atoms with E-state index in [9.17, 15) is 8.78 Å². The van der Waals surface area contributed by atoms with E-state index in [2.05, 4.69) is 24.9 Å². The molecule has 1 saturated carbocycles. The van der Waals surface area contributed by atoms with Crippen LogP contribution in [0.4, 0.5) is 8.78 Å². The molecule has 0 spiro atoms. The monoisotopic (exact) mass is 367 g/mol. The van der Waals surface area contributed by atoms with Gasteiger partial charge < -0.3 is 0 Å². The molecular weight excluding hydrogens is 356 g/mol. The summed E-state index contributed by atoms with van der Waals surface area (Å²) in [4.78, 5) is 21.3. The first-order chi connectivity index (χ1) is 12.7. The largest absolute Gasteiger partial charge is 0.238 e. The Balaban J connectivity index is 1.40. The summed E-state index contributed by atoms with van der Waals surface area (Å²) >= 11 is 1.34. The van der Waals surface area contributed by atoms with Gasteiger partial charge in [0, 0.05) is 36.8 Å². The number of halogens is 2. The van der Waals surface area contributed by atoms with Gasteiger partial charge in [-0.05, 0) is 30.0 Å². The van der Waals surface area contributed by atoms with Crippen molar-refractivity contribution >= 4 is 21.6 Å². The lowest BCUT2D eigenvalue weighted by Gasteiger charge is -2.00. The molecule has 128 valence electrons. The van der Waals surface area contributed by atoms with Gasteiger partial charge in [-0.15, -0.1) is 11.3 Å². The molecular formula is C18H11F2N5S. The van der Waals surface area contributed by atoms with E-state index in [1.807, 2.05) is 0 Å². The van der Waals surface area contributed by atoms with Crippen molar-refractivity contribution in [2.45, 2.75) is 18.3 Å². The SMILES string of the molecule is Fc1cc(F)c2nc(C3CC3c3cnc(-c4ncccn4)nc3)sc2c1. The Labute approximate surface area is 150 Å². The molecule has 5 rings (SSSR count). The first-order valence-corrected chi connectivity index (χ1v) is 8.85. The highest BCUT2D eigenvalue weighted by Gasteiger charge is 2.42. The lowest BCUT2D eigenvalue weighted by Crippen LogP contribution is -1.95. The van der Waals surface area contributed by atoms with E-state index >= 15 is 0 Å². The summed E-state index contributed by atoms with van der Waals surface area (Å²) in [5.74, 6) is 0.200. The van der Waals surface area contributed by atoms with Crippen LogP contribution in [0.1, 0.15) is 28.8 Å². The molecule has 1 fully saturated rings. The molecule has 2 unspecified atom stereocenters. The molecule has 0 amide bonds. The Morgan fingerprint density at radius 2 is 1.65 bits per heavy atom. The van der Waals surface area contributed by atoms with Gasteiger partial charge in [-0.1, -0.05) is 0 Å². The summed E-state index contributed by atoms with van der Waals surface area (Å²) in [6, 6.07) is 3.93. The summed E-state index contributed by atoms with van der Waals surface area (Å²) < 4.78 is 27.7. The van der Waals surface area contributed by atoms with E-state index in [-0.39, 0.29) is 17.4 Å². The molecule has 8 heteroatoms. The highest BCUT2D eigenvalue weighted by molar-refractivity contribution is 7.18. The van der Waals surface area contributed by atoms with E-state index in [1.54, 1.807) is 30.9 Å². The minimum absolute atomic E-state index is 0.192.